The Morgan fingerprint density at radius 1 is 1.12 bits per heavy atom. The second-order valence-electron chi connectivity index (χ2n) is 9.36. The van der Waals surface area contributed by atoms with E-state index < -0.39 is 5.54 Å². The summed E-state index contributed by atoms with van der Waals surface area (Å²) in [6, 6.07) is 11.6. The van der Waals surface area contributed by atoms with E-state index in [1.807, 2.05) is 30.3 Å². The first kappa shape index (κ1) is 23.0. The van der Waals surface area contributed by atoms with E-state index in [1.54, 1.807) is 14.0 Å². The van der Waals surface area contributed by atoms with Crippen molar-refractivity contribution >= 4 is 17.7 Å². The summed E-state index contributed by atoms with van der Waals surface area (Å²) in [5.74, 6) is -0.802. The summed E-state index contributed by atoms with van der Waals surface area (Å²) in [5.41, 5.74) is 0.580. The molecule has 3 amide bonds. The minimum atomic E-state index is -1.07. The molecule has 2 aliphatic rings. The topological polar surface area (TPSA) is 96.3 Å². The second-order valence-corrected chi connectivity index (χ2v) is 9.36. The lowest BCUT2D eigenvalue weighted by atomic mass is 9.95. The van der Waals surface area contributed by atoms with Gasteiger partial charge in [0.2, 0.25) is 5.91 Å². The van der Waals surface area contributed by atoms with Gasteiger partial charge < -0.3 is 15.5 Å². The van der Waals surface area contributed by atoms with Crippen LogP contribution in [0.1, 0.15) is 72.0 Å². The van der Waals surface area contributed by atoms with Crippen molar-refractivity contribution in [1.82, 2.24) is 25.3 Å². The molecule has 33 heavy (non-hydrogen) atoms. The van der Waals surface area contributed by atoms with E-state index in [-0.39, 0.29) is 36.0 Å². The number of nitrogens with one attached hydrogen (secondary N) is 2. The predicted octanol–water partition coefficient (Wildman–Crippen LogP) is 2.54. The molecule has 1 aromatic carbocycles. The van der Waals surface area contributed by atoms with Crippen molar-refractivity contribution in [3.05, 3.63) is 53.3 Å². The van der Waals surface area contributed by atoms with Gasteiger partial charge >= 0.3 is 0 Å². The Kier molecular flexibility index (Phi) is 6.81. The molecule has 1 unspecified atom stereocenters. The van der Waals surface area contributed by atoms with Gasteiger partial charge in [-0.2, -0.15) is 5.10 Å². The molecule has 4 rings (SSSR count). The van der Waals surface area contributed by atoms with E-state index in [0.717, 1.165) is 31.2 Å². The van der Waals surface area contributed by atoms with Gasteiger partial charge in [-0.1, -0.05) is 56.0 Å². The Hall–Kier alpha value is -3.16. The highest BCUT2D eigenvalue weighted by molar-refractivity contribution is 6.01. The van der Waals surface area contributed by atoms with E-state index in [1.165, 1.54) is 28.5 Å². The Bertz CT molecular complexity index is 1010. The number of nitrogens with zero attached hydrogens (tertiary/aromatic N) is 3. The number of benzene rings is 1. The van der Waals surface area contributed by atoms with Crippen molar-refractivity contribution in [2.75, 3.05) is 13.6 Å². The van der Waals surface area contributed by atoms with Crippen LogP contribution in [0.2, 0.25) is 0 Å². The van der Waals surface area contributed by atoms with Crippen LogP contribution in [0.4, 0.5) is 0 Å². The Labute approximate surface area is 194 Å². The summed E-state index contributed by atoms with van der Waals surface area (Å²) in [6.07, 6.45) is 7.29. The molecule has 1 aromatic heterocycles. The molecule has 1 fully saturated rings. The van der Waals surface area contributed by atoms with Crippen LogP contribution in [0.5, 0.6) is 0 Å². The third-order valence-corrected chi connectivity index (χ3v) is 6.96. The molecule has 0 radical (unpaired) electrons. The SMILES string of the molecule is CN1C(=O)c2cc(C(=O)NCCc3ccccc3)nn2CC1(C)C(=O)NC1CCCCCC1. The fourth-order valence-corrected chi connectivity index (χ4v) is 4.66. The van der Waals surface area contributed by atoms with E-state index in [4.69, 9.17) is 0 Å². The lowest BCUT2D eigenvalue weighted by Gasteiger charge is -2.41. The van der Waals surface area contributed by atoms with Crippen molar-refractivity contribution in [3.8, 4) is 0 Å². The third-order valence-electron chi connectivity index (χ3n) is 6.96. The van der Waals surface area contributed by atoms with Crippen LogP contribution < -0.4 is 10.6 Å². The molecule has 1 aliphatic carbocycles. The zero-order valence-corrected chi connectivity index (χ0v) is 19.5. The summed E-state index contributed by atoms with van der Waals surface area (Å²) in [6.45, 7) is 2.45. The first-order valence-corrected chi connectivity index (χ1v) is 11.9. The van der Waals surface area contributed by atoms with Gasteiger partial charge in [0.15, 0.2) is 5.69 Å². The van der Waals surface area contributed by atoms with Crippen molar-refractivity contribution in [3.63, 3.8) is 0 Å². The molecular weight excluding hydrogens is 418 g/mol. The summed E-state index contributed by atoms with van der Waals surface area (Å²) in [5, 5.41) is 10.4. The quantitative estimate of drug-likeness (QED) is 0.660. The average molecular weight is 452 g/mol. The van der Waals surface area contributed by atoms with Crippen LogP contribution in [-0.4, -0.2) is 57.6 Å². The summed E-state index contributed by atoms with van der Waals surface area (Å²) < 4.78 is 1.50. The van der Waals surface area contributed by atoms with Crippen molar-refractivity contribution < 1.29 is 14.4 Å². The number of carbonyl (C=O) groups is 3. The largest absolute Gasteiger partial charge is 0.351 e. The molecule has 2 aromatic rings. The van der Waals surface area contributed by atoms with Gasteiger partial charge in [-0.05, 0) is 31.7 Å². The van der Waals surface area contributed by atoms with Crippen LogP contribution in [-0.2, 0) is 17.8 Å². The van der Waals surface area contributed by atoms with Crippen molar-refractivity contribution in [2.24, 2.45) is 0 Å². The highest BCUT2D eigenvalue weighted by Crippen LogP contribution is 2.27. The minimum Gasteiger partial charge on any atom is -0.351 e. The van der Waals surface area contributed by atoms with Crippen LogP contribution in [0.15, 0.2) is 36.4 Å². The highest BCUT2D eigenvalue weighted by Gasteiger charge is 2.46. The van der Waals surface area contributed by atoms with Crippen LogP contribution in [0, 0.1) is 0 Å². The molecule has 1 saturated carbocycles. The lowest BCUT2D eigenvalue weighted by molar-refractivity contribution is -0.133. The first-order valence-electron chi connectivity index (χ1n) is 11.9. The number of carbonyl (C=O) groups excluding carboxylic acids is 3. The van der Waals surface area contributed by atoms with Gasteiger partial charge in [0, 0.05) is 25.7 Å². The maximum atomic E-state index is 13.3. The molecule has 8 heteroatoms. The van der Waals surface area contributed by atoms with Crippen LogP contribution in [0.3, 0.4) is 0 Å². The standard InChI is InChI=1S/C25H33N5O3/c1-25(24(33)27-19-12-8-3-4-9-13-19)17-30-21(23(32)29(25)2)16-20(28-30)22(31)26-15-14-18-10-6-5-7-11-18/h5-7,10-11,16,19H,3-4,8-9,12-15,17H2,1-2H3,(H,26,31)(H,27,33). The van der Waals surface area contributed by atoms with Crippen molar-refractivity contribution in [1.29, 1.82) is 0 Å². The van der Waals surface area contributed by atoms with Gasteiger partial charge in [0.05, 0.1) is 6.54 Å². The molecule has 2 heterocycles. The van der Waals surface area contributed by atoms with E-state index >= 15 is 0 Å². The zero-order chi connectivity index (χ0) is 23.4. The lowest BCUT2D eigenvalue weighted by Crippen LogP contribution is -2.63. The molecule has 1 aliphatic heterocycles. The maximum absolute atomic E-state index is 13.3. The molecule has 0 bridgehead atoms. The third kappa shape index (κ3) is 4.94. The molecule has 0 saturated heterocycles. The Morgan fingerprint density at radius 2 is 1.82 bits per heavy atom. The number of likely N-dealkylation sites (N-methyl/N-ethyl adjacent to an activating group) is 1. The summed E-state index contributed by atoms with van der Waals surface area (Å²) >= 11 is 0. The Balaban J connectivity index is 1.43. The number of rotatable bonds is 6. The Morgan fingerprint density at radius 3 is 2.52 bits per heavy atom. The smallest absolute Gasteiger partial charge is 0.272 e. The number of fused-ring (bicyclic) bond motifs is 1. The van der Waals surface area contributed by atoms with E-state index in [2.05, 4.69) is 15.7 Å². The van der Waals surface area contributed by atoms with Crippen LogP contribution >= 0.6 is 0 Å². The number of hydrogen-bond acceptors (Lipinski definition) is 4. The molecule has 2 N–H and O–H groups in total. The normalized spacial score (nSPS) is 21.3. The van der Waals surface area contributed by atoms with Gasteiger partial charge in [-0.15, -0.1) is 0 Å². The molecule has 0 spiro atoms. The van der Waals surface area contributed by atoms with Gasteiger partial charge in [-0.3, -0.25) is 19.1 Å². The summed E-state index contributed by atoms with van der Waals surface area (Å²) in [7, 11) is 1.64. The monoisotopic (exact) mass is 451 g/mol. The first-order chi connectivity index (χ1) is 15.9. The fourth-order valence-electron chi connectivity index (χ4n) is 4.66. The molecule has 1 atom stereocenters. The highest BCUT2D eigenvalue weighted by atomic mass is 16.2. The van der Waals surface area contributed by atoms with Crippen LogP contribution in [0.25, 0.3) is 0 Å². The zero-order valence-electron chi connectivity index (χ0n) is 19.5. The van der Waals surface area contributed by atoms with Gasteiger partial charge in [-0.25, -0.2) is 0 Å². The average Bonchev–Trinajstić information content (AvgIpc) is 3.06. The molecular formula is C25H33N5O3. The van der Waals surface area contributed by atoms with Crippen molar-refractivity contribution in [2.45, 2.75) is 70.0 Å². The number of amides is 3. The molecule has 176 valence electrons. The second kappa shape index (κ2) is 9.77. The summed E-state index contributed by atoms with van der Waals surface area (Å²) in [4.78, 5) is 40.4. The minimum absolute atomic E-state index is 0.144. The van der Waals surface area contributed by atoms with E-state index in [0.29, 0.717) is 18.7 Å². The van der Waals surface area contributed by atoms with Gasteiger partial charge in [0.25, 0.3) is 11.8 Å². The predicted molar refractivity (Wildman–Crippen MR) is 125 cm³/mol. The van der Waals surface area contributed by atoms with E-state index in [9.17, 15) is 14.4 Å². The fraction of sp³-hybridized carbons (Fsp3) is 0.520. The number of hydrogen-bond donors (Lipinski definition) is 2. The maximum Gasteiger partial charge on any atom is 0.272 e. The number of aromatic nitrogens is 2. The van der Waals surface area contributed by atoms with Gasteiger partial charge in [0.1, 0.15) is 11.2 Å². The molecule has 8 nitrogen and oxygen atoms in total.